The van der Waals surface area contributed by atoms with E-state index in [1.807, 2.05) is 0 Å². The smallest absolute Gasteiger partial charge is 0.338 e. The maximum Gasteiger partial charge on any atom is 0.338 e. The normalized spacial score (nSPS) is 10.2. The van der Waals surface area contributed by atoms with Crippen molar-refractivity contribution in [2.45, 2.75) is 0 Å². The molecule has 0 spiro atoms. The maximum atomic E-state index is 12.2. The Kier molecular flexibility index (Phi) is 8.98. The van der Waals surface area contributed by atoms with Gasteiger partial charge in [-0.1, -0.05) is 23.2 Å². The van der Waals surface area contributed by atoms with Crippen LogP contribution in [0.25, 0.3) is 0 Å². The van der Waals surface area contributed by atoms with Crippen LogP contribution < -0.4 is 18.9 Å². The Balaban J connectivity index is 1.95. The number of hydrogen-bond acceptors (Lipinski definition) is 9. The van der Waals surface area contributed by atoms with Crippen molar-refractivity contribution in [3.63, 3.8) is 0 Å². The van der Waals surface area contributed by atoms with Gasteiger partial charge in [-0.3, -0.25) is 4.79 Å². The summed E-state index contributed by atoms with van der Waals surface area (Å²) < 4.78 is 30.3. The zero-order chi connectivity index (χ0) is 23.8. The van der Waals surface area contributed by atoms with Crippen molar-refractivity contribution in [3.8, 4) is 23.0 Å². The molecule has 0 aliphatic heterocycles. The van der Waals surface area contributed by atoms with Gasteiger partial charge >= 0.3 is 11.9 Å². The number of carbonyl (C=O) groups excluding carboxylic acids is 3. The summed E-state index contributed by atoms with van der Waals surface area (Å²) in [6.07, 6.45) is 0. The lowest BCUT2D eigenvalue weighted by Gasteiger charge is -2.12. The molecule has 0 N–H and O–H groups in total. The van der Waals surface area contributed by atoms with Crippen molar-refractivity contribution >= 4 is 40.9 Å². The van der Waals surface area contributed by atoms with E-state index in [0.717, 1.165) is 0 Å². The van der Waals surface area contributed by atoms with Crippen LogP contribution in [0.4, 0.5) is 0 Å². The lowest BCUT2D eigenvalue weighted by Crippen LogP contribution is -2.20. The summed E-state index contributed by atoms with van der Waals surface area (Å²) in [5.74, 6) is -1.34. The first-order valence-electron chi connectivity index (χ1n) is 8.94. The van der Waals surface area contributed by atoms with Gasteiger partial charge in [0.25, 0.3) is 0 Å². The summed E-state index contributed by atoms with van der Waals surface area (Å²) in [4.78, 5) is 36.4. The maximum absolute atomic E-state index is 12.2. The molecule has 2 aromatic carbocycles. The molecule has 0 aliphatic carbocycles. The monoisotopic (exact) mass is 486 g/mol. The third-order valence-electron chi connectivity index (χ3n) is 4.07. The molecule has 0 aliphatic rings. The molecule has 2 rings (SSSR count). The number of ketones is 1. The second kappa shape index (κ2) is 11.4. The van der Waals surface area contributed by atoms with Crippen LogP contribution in [0.2, 0.25) is 10.0 Å². The second-order valence-electron chi connectivity index (χ2n) is 6.08. The molecule has 0 aromatic heterocycles. The fraction of sp³-hybridized carbons (Fsp3) is 0.286. The lowest BCUT2D eigenvalue weighted by atomic mass is 10.2. The van der Waals surface area contributed by atoms with Crippen LogP contribution in [-0.4, -0.2) is 59.4 Å². The van der Waals surface area contributed by atoms with E-state index in [4.69, 9.17) is 51.6 Å². The fourth-order valence-electron chi connectivity index (χ4n) is 2.57. The Morgan fingerprint density at radius 1 is 0.656 bits per heavy atom. The zero-order valence-corrected chi connectivity index (χ0v) is 19.2. The highest BCUT2D eigenvalue weighted by atomic mass is 35.5. The predicted molar refractivity (Wildman–Crippen MR) is 115 cm³/mol. The molecule has 172 valence electrons. The van der Waals surface area contributed by atoms with Crippen LogP contribution in [0.15, 0.2) is 24.3 Å². The largest absolute Gasteiger partial charge is 0.493 e. The molecule has 0 bridgehead atoms. The average molecular weight is 487 g/mol. The van der Waals surface area contributed by atoms with Gasteiger partial charge in [0.05, 0.1) is 49.6 Å². The second-order valence-corrected chi connectivity index (χ2v) is 6.89. The van der Waals surface area contributed by atoms with Crippen LogP contribution in [0, 0.1) is 0 Å². The Hall–Kier alpha value is -3.17. The minimum absolute atomic E-state index is 0.0532. The van der Waals surface area contributed by atoms with E-state index in [1.54, 1.807) is 0 Å². The summed E-state index contributed by atoms with van der Waals surface area (Å²) in [5, 5.41) is 0.264. The number of benzene rings is 2. The highest BCUT2D eigenvalue weighted by Gasteiger charge is 2.19. The molecule has 11 heteroatoms. The summed E-state index contributed by atoms with van der Waals surface area (Å²) in [6.45, 7) is -1.24. The summed E-state index contributed by atoms with van der Waals surface area (Å²) in [7, 11) is 5.56. The number of rotatable bonds is 10. The van der Waals surface area contributed by atoms with Gasteiger partial charge < -0.3 is 28.4 Å². The number of hydrogen-bond donors (Lipinski definition) is 0. The predicted octanol–water partition coefficient (Wildman–Crippen LogP) is 3.61. The van der Waals surface area contributed by atoms with Crippen molar-refractivity contribution in [3.05, 3.63) is 45.4 Å². The molecule has 32 heavy (non-hydrogen) atoms. The molecule has 0 fully saturated rings. The number of Topliss-reactive ketones (excluding diaryl/α,β-unsaturated/α-hetero) is 1. The molecule has 0 radical (unpaired) electrons. The van der Waals surface area contributed by atoms with E-state index in [-0.39, 0.29) is 44.2 Å². The molecule has 0 amide bonds. The molecule has 0 unspecified atom stereocenters. The minimum atomic E-state index is -0.820. The van der Waals surface area contributed by atoms with Crippen molar-refractivity contribution in [1.82, 2.24) is 0 Å². The molecule has 9 nitrogen and oxygen atoms in total. The van der Waals surface area contributed by atoms with Crippen LogP contribution >= 0.6 is 23.2 Å². The quantitative estimate of drug-likeness (QED) is 0.465. The zero-order valence-electron chi connectivity index (χ0n) is 17.7. The Bertz CT molecular complexity index is 941. The molecular weight excluding hydrogens is 467 g/mol. The van der Waals surface area contributed by atoms with Gasteiger partial charge in [0.2, 0.25) is 5.78 Å². The first-order valence-corrected chi connectivity index (χ1v) is 9.70. The van der Waals surface area contributed by atoms with Crippen LogP contribution in [0.3, 0.4) is 0 Å². The SMILES string of the molecule is COc1cc(C(=O)OCC(=O)COC(=O)c2cc(Cl)c(OC)c(OC)c2)cc(Cl)c1OC. The van der Waals surface area contributed by atoms with Crippen LogP contribution in [0.5, 0.6) is 23.0 Å². The molecule has 0 heterocycles. The Labute approximate surface area is 194 Å². The number of esters is 2. The minimum Gasteiger partial charge on any atom is -0.493 e. The molecule has 0 saturated carbocycles. The standard InChI is InChI=1S/C21H20Cl2O9/c1-27-16-7-11(5-14(22)18(16)29-3)20(25)31-9-13(24)10-32-21(26)12-6-15(23)19(30-4)17(8-12)28-2/h5-8H,9-10H2,1-4H3. The number of carbonyl (C=O) groups is 3. The van der Waals surface area contributed by atoms with Gasteiger partial charge in [-0.05, 0) is 24.3 Å². The van der Waals surface area contributed by atoms with E-state index in [9.17, 15) is 14.4 Å². The van der Waals surface area contributed by atoms with Crippen molar-refractivity contribution in [1.29, 1.82) is 0 Å². The Morgan fingerprint density at radius 3 is 1.34 bits per heavy atom. The van der Waals surface area contributed by atoms with Crippen LogP contribution in [-0.2, 0) is 14.3 Å². The van der Waals surface area contributed by atoms with Crippen molar-refractivity contribution in [2.24, 2.45) is 0 Å². The topological polar surface area (TPSA) is 107 Å². The van der Waals surface area contributed by atoms with Crippen molar-refractivity contribution in [2.75, 3.05) is 41.7 Å². The highest BCUT2D eigenvalue weighted by Crippen LogP contribution is 2.37. The van der Waals surface area contributed by atoms with Gasteiger partial charge in [0, 0.05) is 0 Å². The third-order valence-corrected chi connectivity index (χ3v) is 4.63. The third kappa shape index (κ3) is 5.95. The first kappa shape index (κ1) is 25.1. The first-order chi connectivity index (χ1) is 15.2. The molecule has 0 saturated heterocycles. The summed E-state index contributed by atoms with van der Waals surface area (Å²) in [5.41, 5.74) is 0.106. The van der Waals surface area contributed by atoms with Gasteiger partial charge in [-0.25, -0.2) is 9.59 Å². The number of ether oxygens (including phenoxy) is 6. The number of methoxy groups -OCH3 is 4. The Morgan fingerprint density at radius 2 is 1.03 bits per heavy atom. The van der Waals surface area contributed by atoms with E-state index in [0.29, 0.717) is 0 Å². The van der Waals surface area contributed by atoms with Gasteiger partial charge in [0.1, 0.15) is 0 Å². The van der Waals surface area contributed by atoms with Gasteiger partial charge in [-0.15, -0.1) is 0 Å². The fourth-order valence-corrected chi connectivity index (χ4v) is 3.15. The summed E-state index contributed by atoms with van der Waals surface area (Å²) in [6, 6.07) is 5.35. The highest BCUT2D eigenvalue weighted by molar-refractivity contribution is 6.33. The van der Waals surface area contributed by atoms with Gasteiger partial charge in [-0.2, -0.15) is 0 Å². The number of halogens is 2. The summed E-state index contributed by atoms with van der Waals surface area (Å²) >= 11 is 12.1. The van der Waals surface area contributed by atoms with Crippen LogP contribution in [0.1, 0.15) is 20.7 Å². The van der Waals surface area contributed by atoms with Gasteiger partial charge in [0.15, 0.2) is 36.2 Å². The molecule has 2 aromatic rings. The van der Waals surface area contributed by atoms with E-state index >= 15 is 0 Å². The molecule has 0 atom stereocenters. The van der Waals surface area contributed by atoms with E-state index in [1.165, 1.54) is 52.7 Å². The van der Waals surface area contributed by atoms with E-state index < -0.39 is 30.9 Å². The average Bonchev–Trinajstić information content (AvgIpc) is 2.79. The lowest BCUT2D eigenvalue weighted by molar-refractivity contribution is -0.125. The van der Waals surface area contributed by atoms with E-state index in [2.05, 4.69) is 0 Å². The van der Waals surface area contributed by atoms with Crippen molar-refractivity contribution < 1.29 is 42.8 Å². The molecular formula is C21H20Cl2O9.